The van der Waals surface area contributed by atoms with Crippen molar-refractivity contribution in [2.45, 2.75) is 36.8 Å². The van der Waals surface area contributed by atoms with Gasteiger partial charge in [-0.2, -0.15) is 0 Å². The van der Waals surface area contributed by atoms with Gasteiger partial charge in [-0.05, 0) is 31.9 Å². The van der Waals surface area contributed by atoms with E-state index in [0.717, 1.165) is 17.7 Å². The highest BCUT2D eigenvalue weighted by atomic mass is 35.5. The first kappa shape index (κ1) is 12.4. The van der Waals surface area contributed by atoms with Gasteiger partial charge in [0.15, 0.2) is 9.84 Å². The van der Waals surface area contributed by atoms with Crippen LogP contribution in [-0.2, 0) is 9.84 Å². The second-order valence-corrected chi connectivity index (χ2v) is 8.38. The van der Waals surface area contributed by atoms with Gasteiger partial charge in [-0.15, -0.1) is 22.9 Å². The summed E-state index contributed by atoms with van der Waals surface area (Å²) in [5, 5.41) is -0.759. The third kappa shape index (κ3) is 2.44. The first-order valence-electron chi connectivity index (χ1n) is 5.43. The molecule has 90 valence electrons. The van der Waals surface area contributed by atoms with Gasteiger partial charge in [0, 0.05) is 9.75 Å². The molecular formula is C11H15ClO2S2. The van der Waals surface area contributed by atoms with Gasteiger partial charge in [0.2, 0.25) is 0 Å². The standard InChI is InChI=1S/C11H15ClO2S2/c1-8-5-6-9(15-8)11(12)10-4-2-3-7-16(10,13)14/h5-6,10-11H,2-4,7H2,1H3. The Morgan fingerprint density at radius 1 is 1.44 bits per heavy atom. The maximum absolute atomic E-state index is 11.9. The van der Waals surface area contributed by atoms with Crippen LogP contribution in [0.2, 0.25) is 0 Å². The molecule has 0 radical (unpaired) electrons. The number of aryl methyl sites for hydroxylation is 1. The average molecular weight is 279 g/mol. The Balaban J connectivity index is 2.24. The van der Waals surface area contributed by atoms with Crippen molar-refractivity contribution in [3.05, 3.63) is 21.9 Å². The predicted octanol–water partition coefficient (Wildman–Crippen LogP) is 3.30. The molecule has 1 fully saturated rings. The third-order valence-corrected chi connectivity index (χ3v) is 7.18. The summed E-state index contributed by atoms with van der Waals surface area (Å²) < 4.78 is 23.8. The minimum atomic E-state index is -2.99. The first-order chi connectivity index (χ1) is 7.50. The molecule has 2 nitrogen and oxygen atoms in total. The van der Waals surface area contributed by atoms with Crippen molar-refractivity contribution in [1.82, 2.24) is 0 Å². The summed E-state index contributed by atoms with van der Waals surface area (Å²) in [5.41, 5.74) is 0. The Labute approximate surface area is 106 Å². The van der Waals surface area contributed by atoms with Crippen LogP contribution in [0.3, 0.4) is 0 Å². The van der Waals surface area contributed by atoms with Gasteiger partial charge in [0.25, 0.3) is 0 Å². The highest BCUT2D eigenvalue weighted by Crippen LogP contribution is 2.38. The summed E-state index contributed by atoms with van der Waals surface area (Å²) in [5.74, 6) is 0.297. The van der Waals surface area contributed by atoms with E-state index in [1.807, 2.05) is 19.1 Å². The monoisotopic (exact) mass is 278 g/mol. The number of sulfone groups is 1. The van der Waals surface area contributed by atoms with Crippen LogP contribution in [0.1, 0.15) is 34.4 Å². The molecule has 1 aliphatic rings. The summed E-state index contributed by atoms with van der Waals surface area (Å²) in [6.07, 6.45) is 2.46. The molecule has 1 aromatic rings. The Bertz CT molecular complexity index is 464. The van der Waals surface area contributed by atoms with Crippen molar-refractivity contribution in [2.75, 3.05) is 5.75 Å². The van der Waals surface area contributed by atoms with Gasteiger partial charge in [0.05, 0.1) is 16.4 Å². The molecule has 1 aliphatic heterocycles. The van der Waals surface area contributed by atoms with Gasteiger partial charge in [0.1, 0.15) is 0 Å². The largest absolute Gasteiger partial charge is 0.228 e. The molecule has 0 N–H and O–H groups in total. The zero-order chi connectivity index (χ0) is 11.8. The highest BCUT2D eigenvalue weighted by Gasteiger charge is 2.35. The zero-order valence-electron chi connectivity index (χ0n) is 9.15. The second-order valence-electron chi connectivity index (χ2n) is 4.25. The molecule has 0 saturated carbocycles. The molecule has 0 aromatic carbocycles. The van der Waals surface area contributed by atoms with E-state index in [1.54, 1.807) is 11.3 Å². The minimum Gasteiger partial charge on any atom is -0.228 e. The summed E-state index contributed by atoms with van der Waals surface area (Å²) >= 11 is 7.91. The van der Waals surface area contributed by atoms with Gasteiger partial charge in [-0.25, -0.2) is 8.42 Å². The SMILES string of the molecule is Cc1ccc(C(Cl)C2CCCCS2(=O)=O)s1. The van der Waals surface area contributed by atoms with E-state index in [-0.39, 0.29) is 10.6 Å². The molecule has 16 heavy (non-hydrogen) atoms. The number of hydrogen-bond donors (Lipinski definition) is 0. The number of hydrogen-bond acceptors (Lipinski definition) is 3. The van der Waals surface area contributed by atoms with Gasteiger partial charge >= 0.3 is 0 Å². The van der Waals surface area contributed by atoms with Gasteiger partial charge in [-0.1, -0.05) is 6.42 Å². The highest BCUT2D eigenvalue weighted by molar-refractivity contribution is 7.92. The molecule has 5 heteroatoms. The van der Waals surface area contributed by atoms with Crippen LogP contribution in [0.5, 0.6) is 0 Å². The lowest BCUT2D eigenvalue weighted by Gasteiger charge is -2.25. The van der Waals surface area contributed by atoms with E-state index in [9.17, 15) is 8.42 Å². The fourth-order valence-corrected chi connectivity index (χ4v) is 5.85. The summed E-state index contributed by atoms with van der Waals surface area (Å²) in [4.78, 5) is 2.16. The molecular weight excluding hydrogens is 264 g/mol. The Morgan fingerprint density at radius 3 is 2.75 bits per heavy atom. The number of rotatable bonds is 2. The van der Waals surface area contributed by atoms with Crippen LogP contribution < -0.4 is 0 Å². The number of alkyl halides is 1. The average Bonchev–Trinajstić information content (AvgIpc) is 2.63. The lowest BCUT2D eigenvalue weighted by atomic mass is 10.1. The normalized spacial score (nSPS) is 26.5. The maximum atomic E-state index is 11.9. The zero-order valence-corrected chi connectivity index (χ0v) is 11.5. The Hall–Kier alpha value is -0.0600. The van der Waals surface area contributed by atoms with E-state index < -0.39 is 9.84 Å². The number of thiophene rings is 1. The van der Waals surface area contributed by atoms with Crippen molar-refractivity contribution >= 4 is 32.8 Å². The van der Waals surface area contributed by atoms with Crippen molar-refractivity contribution in [3.8, 4) is 0 Å². The van der Waals surface area contributed by atoms with E-state index in [4.69, 9.17) is 11.6 Å². The molecule has 0 spiro atoms. The smallest absolute Gasteiger partial charge is 0.154 e. The van der Waals surface area contributed by atoms with Gasteiger partial charge in [-0.3, -0.25) is 0 Å². The molecule has 2 unspecified atom stereocenters. The van der Waals surface area contributed by atoms with Crippen LogP contribution >= 0.6 is 22.9 Å². The molecule has 1 saturated heterocycles. The van der Waals surface area contributed by atoms with E-state index >= 15 is 0 Å². The Kier molecular flexibility index (Phi) is 3.62. The summed E-state index contributed by atoms with van der Waals surface area (Å²) in [6, 6.07) is 3.94. The van der Waals surface area contributed by atoms with E-state index in [0.29, 0.717) is 12.2 Å². The third-order valence-electron chi connectivity index (χ3n) is 2.99. The molecule has 0 bridgehead atoms. The molecule has 2 atom stereocenters. The van der Waals surface area contributed by atoms with Crippen LogP contribution in [-0.4, -0.2) is 19.4 Å². The summed E-state index contributed by atoms with van der Waals surface area (Å²) in [6.45, 7) is 2.01. The first-order valence-corrected chi connectivity index (χ1v) is 8.39. The molecule has 2 rings (SSSR count). The second kappa shape index (κ2) is 4.67. The van der Waals surface area contributed by atoms with Crippen LogP contribution in [0, 0.1) is 6.92 Å². The summed E-state index contributed by atoms with van der Waals surface area (Å²) in [7, 11) is -2.99. The quantitative estimate of drug-likeness (QED) is 0.778. The molecule has 1 aromatic heterocycles. The van der Waals surface area contributed by atoms with Crippen LogP contribution in [0.4, 0.5) is 0 Å². The van der Waals surface area contributed by atoms with E-state index in [1.165, 1.54) is 4.88 Å². The topological polar surface area (TPSA) is 34.1 Å². The number of halogens is 1. The van der Waals surface area contributed by atoms with Crippen LogP contribution in [0.15, 0.2) is 12.1 Å². The van der Waals surface area contributed by atoms with Gasteiger partial charge < -0.3 is 0 Å². The fraction of sp³-hybridized carbons (Fsp3) is 0.636. The maximum Gasteiger partial charge on any atom is 0.154 e. The van der Waals surface area contributed by atoms with Crippen LogP contribution in [0.25, 0.3) is 0 Å². The molecule has 2 heterocycles. The lowest BCUT2D eigenvalue weighted by molar-refractivity contribution is 0.535. The van der Waals surface area contributed by atoms with Crippen molar-refractivity contribution in [3.63, 3.8) is 0 Å². The molecule has 0 aliphatic carbocycles. The lowest BCUT2D eigenvalue weighted by Crippen LogP contribution is -2.31. The minimum absolute atomic E-state index is 0.297. The van der Waals surface area contributed by atoms with Crippen molar-refractivity contribution < 1.29 is 8.42 Å². The fourth-order valence-electron chi connectivity index (χ4n) is 2.09. The van der Waals surface area contributed by atoms with Crippen molar-refractivity contribution in [2.24, 2.45) is 0 Å². The molecule has 0 amide bonds. The Morgan fingerprint density at radius 2 is 2.19 bits per heavy atom. The predicted molar refractivity (Wildman–Crippen MR) is 69.1 cm³/mol. The van der Waals surface area contributed by atoms with E-state index in [2.05, 4.69) is 0 Å². The van der Waals surface area contributed by atoms with Crippen molar-refractivity contribution in [1.29, 1.82) is 0 Å².